The molecular weight excluding hydrogens is 1660 g/mol. The van der Waals surface area contributed by atoms with Gasteiger partial charge in [-0.3, -0.25) is 24.0 Å². The number of Topliss-reactive ketones (excluding diaryl/α,β-unsaturated/α-hetero) is 3. The molecule has 12 aromatic rings. The number of amides is 2. The number of anilines is 3. The van der Waals surface area contributed by atoms with Crippen molar-refractivity contribution in [1.82, 2.24) is 73.9 Å². The molecule has 6 aromatic carbocycles. The van der Waals surface area contributed by atoms with Gasteiger partial charge >= 0.3 is 18.5 Å². The molecule has 8 N–H and O–H groups in total. The average Bonchev–Trinajstić information content (AvgIpc) is 1.62. The van der Waals surface area contributed by atoms with E-state index in [0.29, 0.717) is 154 Å². The smallest absolute Gasteiger partial charge is 0.384 e. The Kier molecular flexibility index (Phi) is 27.4. The molecule has 0 saturated carbocycles. The third-order valence-electron chi connectivity index (χ3n) is 23.0. The molecule has 3 fully saturated rings. The number of nitrogens with zero attached hydrogens (tertiary/aromatic N) is 15. The van der Waals surface area contributed by atoms with Gasteiger partial charge in [0.15, 0.2) is 34.3 Å². The number of fused-ring (bicyclic) bond motifs is 3. The van der Waals surface area contributed by atoms with Crippen molar-refractivity contribution in [3.8, 4) is 35.5 Å². The van der Waals surface area contributed by atoms with Gasteiger partial charge < -0.3 is 42.1 Å². The minimum Gasteiger partial charge on any atom is -0.384 e. The van der Waals surface area contributed by atoms with E-state index in [9.17, 15) is 73.7 Å². The summed E-state index contributed by atoms with van der Waals surface area (Å²) in [5.74, 6) is 18.0. The Bertz CT molecular complexity index is 6250. The summed E-state index contributed by atoms with van der Waals surface area (Å²) in [5, 5.41) is 35.1. The number of nitrogen functional groups attached to an aromatic ring is 3. The number of carbonyl (C=O) groups excluding carboxylic acids is 5. The minimum atomic E-state index is -4.55. The van der Waals surface area contributed by atoms with Crippen LogP contribution in [0.3, 0.4) is 0 Å². The monoisotopic (exact) mass is 1750 g/mol. The lowest BCUT2D eigenvalue weighted by molar-refractivity contribution is -0.141. The van der Waals surface area contributed by atoms with Crippen LogP contribution in [0.25, 0.3) is 33.1 Å². The highest BCUT2D eigenvalue weighted by atomic mass is 19.4. The van der Waals surface area contributed by atoms with Crippen molar-refractivity contribution in [2.75, 3.05) is 63.5 Å². The third kappa shape index (κ3) is 21.2. The highest BCUT2D eigenvalue weighted by Crippen LogP contribution is 2.38. The summed E-state index contributed by atoms with van der Waals surface area (Å²) in [6, 6.07) is 26.8. The maximum Gasteiger partial charge on any atom is 0.416 e. The van der Waals surface area contributed by atoms with Crippen LogP contribution in [-0.2, 0) is 53.9 Å². The van der Waals surface area contributed by atoms with E-state index < -0.39 is 64.8 Å². The van der Waals surface area contributed by atoms with Crippen molar-refractivity contribution in [3.05, 3.63) is 245 Å². The predicted molar refractivity (Wildman–Crippen MR) is 462 cm³/mol. The molecule has 3 atom stereocenters. The molecule has 25 nitrogen and oxygen atoms in total. The molecule has 2 amide bonds. The number of carbonyl (C=O) groups is 5. The van der Waals surface area contributed by atoms with Crippen LogP contribution in [0.15, 0.2) is 128 Å². The zero-order valence-corrected chi connectivity index (χ0v) is 71.4. The number of benzene rings is 6. The van der Waals surface area contributed by atoms with Gasteiger partial charge in [0, 0.05) is 91.9 Å². The van der Waals surface area contributed by atoms with Crippen LogP contribution in [0.2, 0.25) is 0 Å². The first-order valence-corrected chi connectivity index (χ1v) is 41.2. The zero-order chi connectivity index (χ0) is 92.1. The van der Waals surface area contributed by atoms with Gasteiger partial charge in [-0.1, -0.05) is 90.6 Å². The summed E-state index contributed by atoms with van der Waals surface area (Å²) in [4.78, 5) is 94.3. The molecule has 3 aliphatic heterocycles. The van der Waals surface area contributed by atoms with Crippen LogP contribution in [0.5, 0.6) is 0 Å². The van der Waals surface area contributed by atoms with Crippen molar-refractivity contribution in [2.24, 2.45) is 5.92 Å². The van der Waals surface area contributed by atoms with Crippen molar-refractivity contribution in [2.45, 2.75) is 156 Å². The Hall–Kier alpha value is -13.8. The SMILES string of the molecule is Cc1ccc(CC(=O)c2ccc(C)c(C(F)(F)F)c2)cc1C#Cc1nn(C2CCN(C(=O)[C@@H](C)O)CC2)c2ncnc(N)c12.Cc1ccc(CC(=O)c2ccc(C)c(C(F)(F)F)c2)cc1C#Cc1nn(C2CCN(C(=O)[C@H](C)O)CC2)c2ncnc(N)c12.Cc1ccc(CC(=O)c2ccc(C)c(C(F)(F)F)c2)cc1C#Cc1nn(CC2CCN(C)C2)c2ncnc(N)c12. The molecule has 15 rings (SSSR count). The Morgan fingerprint density at radius 1 is 0.414 bits per heavy atom. The normalized spacial score (nSPS) is 15.1. The fraction of sp³-hybridized carbons (Fsp3) is 0.340. The molecule has 3 aliphatic rings. The number of rotatable bonds is 15. The highest BCUT2D eigenvalue weighted by molar-refractivity contribution is 6.00. The van der Waals surface area contributed by atoms with Gasteiger partial charge in [0.05, 0.1) is 44.9 Å². The Balaban J connectivity index is 0.000000164. The Morgan fingerprint density at radius 2 is 0.727 bits per heavy atom. The van der Waals surface area contributed by atoms with Crippen molar-refractivity contribution >= 4 is 79.7 Å². The van der Waals surface area contributed by atoms with Crippen LogP contribution in [0.1, 0.15) is 190 Å². The van der Waals surface area contributed by atoms with E-state index in [1.165, 1.54) is 90.0 Å². The van der Waals surface area contributed by atoms with Crippen LogP contribution in [0, 0.1) is 83.0 Å². The lowest BCUT2D eigenvalue weighted by atomic mass is 9.96. The first kappa shape index (κ1) is 91.9. The number of likely N-dealkylation sites (tertiary alicyclic amines) is 3. The summed E-state index contributed by atoms with van der Waals surface area (Å²) in [6.07, 6.45) is -8.35. The second kappa shape index (κ2) is 38.2. The van der Waals surface area contributed by atoms with E-state index in [4.69, 9.17) is 32.5 Å². The number of aryl methyl sites for hydroxylation is 6. The van der Waals surface area contributed by atoms with Gasteiger partial charge in [0.2, 0.25) is 0 Å². The summed E-state index contributed by atoms with van der Waals surface area (Å²) >= 11 is 0. The van der Waals surface area contributed by atoms with Gasteiger partial charge in [0.25, 0.3) is 11.8 Å². The van der Waals surface area contributed by atoms with Crippen LogP contribution in [-0.4, -0.2) is 172 Å². The van der Waals surface area contributed by atoms with Gasteiger partial charge in [-0.05, 0) is 211 Å². The number of hydrogen-bond acceptors (Lipinski definition) is 20. The van der Waals surface area contributed by atoms with E-state index >= 15 is 0 Å². The molecule has 3 saturated heterocycles. The number of aliphatic hydroxyl groups excluding tert-OH is 2. The molecule has 34 heteroatoms. The molecule has 1 unspecified atom stereocenters. The standard InChI is InChI=1S/2C32H31F3N6O3.C30H29F3N6O/c2*1-18-4-6-21(15-27(43)23-7-5-19(2)25(16-23)32(33,34)35)14-22(18)8-9-26-28-29(36)37-17-38-30(28)41(39-26)24-10-12-40(13-11-24)31(44)20(3)42;1-18-4-6-20(13-26(40)23-7-5-19(2)24(14-23)30(31,32)33)12-22(18)8-9-25-27-28(34)35-17-36-29(27)39(37-25)16-21-10-11-38(3)15-21/h2*4-7,14,16-17,20,24,42H,10-13,15H2,1-3H3,(H2,36,37,38);4-7,12,14,17,21H,10-11,13,15-16H2,1-3H3,(H2,34,35,36)/t2*20-;/m10./s1. The first-order valence-electron chi connectivity index (χ1n) is 41.2. The molecule has 0 spiro atoms. The third-order valence-corrected chi connectivity index (χ3v) is 23.0. The van der Waals surface area contributed by atoms with E-state index in [2.05, 4.69) is 77.4 Å². The topological polar surface area (TPSA) is 344 Å². The minimum absolute atomic E-state index is 0.00955. The average molecular weight is 1760 g/mol. The molecule has 0 radical (unpaired) electrons. The molecular formula is C94H91F9N18O7. The number of aliphatic hydroxyl groups is 2. The lowest BCUT2D eigenvalue weighted by Crippen LogP contribution is -2.43. The van der Waals surface area contributed by atoms with Crippen LogP contribution >= 0.6 is 0 Å². The molecule has 6 aromatic heterocycles. The largest absolute Gasteiger partial charge is 0.416 e. The highest BCUT2D eigenvalue weighted by Gasteiger charge is 2.37. The number of ketones is 3. The summed E-state index contributed by atoms with van der Waals surface area (Å²) in [7, 11) is 2.10. The molecule has 0 bridgehead atoms. The van der Waals surface area contributed by atoms with E-state index in [1.54, 1.807) is 67.7 Å². The van der Waals surface area contributed by atoms with Crippen molar-refractivity contribution in [3.63, 3.8) is 0 Å². The Morgan fingerprint density at radius 3 is 1.04 bits per heavy atom. The van der Waals surface area contributed by atoms with Crippen molar-refractivity contribution in [1.29, 1.82) is 0 Å². The fourth-order valence-electron chi connectivity index (χ4n) is 15.8. The van der Waals surface area contributed by atoms with Gasteiger partial charge in [-0.15, -0.1) is 0 Å². The maximum absolute atomic E-state index is 13.4. The fourth-order valence-corrected chi connectivity index (χ4v) is 15.8. The number of halogens is 9. The number of alkyl halides is 9. The predicted octanol–water partition coefficient (Wildman–Crippen LogP) is 13.6. The molecule has 662 valence electrons. The summed E-state index contributed by atoms with van der Waals surface area (Å²) in [5.41, 5.74) is 25.6. The molecule has 9 heterocycles. The second-order valence-electron chi connectivity index (χ2n) is 32.5. The second-order valence-corrected chi connectivity index (χ2v) is 32.5. The summed E-state index contributed by atoms with van der Waals surface area (Å²) < 4.78 is 126. The lowest BCUT2D eigenvalue weighted by Gasteiger charge is -2.32. The number of nitrogens with two attached hydrogens (primary N) is 3. The van der Waals surface area contributed by atoms with Crippen molar-refractivity contribution < 1.29 is 73.7 Å². The molecule has 128 heavy (non-hydrogen) atoms. The van der Waals surface area contributed by atoms with Crippen LogP contribution < -0.4 is 17.2 Å². The van der Waals surface area contributed by atoms with E-state index in [0.717, 1.165) is 54.4 Å². The van der Waals surface area contributed by atoms with E-state index in [-0.39, 0.29) is 88.2 Å². The van der Waals surface area contributed by atoms with E-state index in [1.807, 2.05) is 31.5 Å². The molecule has 0 aliphatic carbocycles. The van der Waals surface area contributed by atoms with Gasteiger partial charge in [0.1, 0.15) is 65.7 Å². The summed E-state index contributed by atoms with van der Waals surface area (Å²) in [6.45, 7) is 17.2. The number of hydrogen-bond donors (Lipinski definition) is 5. The van der Waals surface area contributed by atoms with Crippen LogP contribution in [0.4, 0.5) is 57.0 Å². The quantitative estimate of drug-likeness (QED) is 0.0361. The zero-order valence-electron chi connectivity index (χ0n) is 71.4. The number of aromatic nitrogens is 12. The number of piperidine rings is 2. The first-order chi connectivity index (χ1) is 60.6. The Labute approximate surface area is 730 Å². The maximum atomic E-state index is 13.4. The van der Waals surface area contributed by atoms with Gasteiger partial charge in [-0.2, -0.15) is 54.8 Å². The van der Waals surface area contributed by atoms with Gasteiger partial charge in [-0.25, -0.2) is 43.9 Å².